The number of ether oxygens (including phenoxy) is 2. The van der Waals surface area contributed by atoms with Crippen molar-refractivity contribution in [1.82, 2.24) is 9.80 Å². The topological polar surface area (TPSA) is 45.2 Å². The Morgan fingerprint density at radius 2 is 1.78 bits per heavy atom. The maximum absolute atomic E-state index is 9.62. The van der Waals surface area contributed by atoms with E-state index in [4.69, 9.17) is 9.47 Å². The van der Waals surface area contributed by atoms with Crippen molar-refractivity contribution in [2.45, 2.75) is 25.5 Å². The van der Waals surface area contributed by atoms with E-state index in [9.17, 15) is 5.11 Å². The Hall–Kier alpha value is -1.14. The molecule has 2 aliphatic rings. The molecule has 0 bridgehead atoms. The number of hydrogen-bond donors (Lipinski definition) is 1. The van der Waals surface area contributed by atoms with E-state index in [0.29, 0.717) is 0 Å². The first-order valence-electron chi connectivity index (χ1n) is 8.72. The first-order valence-corrected chi connectivity index (χ1v) is 8.72. The number of morpholine rings is 1. The van der Waals surface area contributed by atoms with Crippen molar-refractivity contribution in [2.75, 3.05) is 52.5 Å². The molecule has 0 unspecified atom stereocenters. The molecule has 5 heteroatoms. The third kappa shape index (κ3) is 5.18. The molecular formula is C18H28N2O3. The third-order valence-electron chi connectivity index (χ3n) is 4.69. The predicted molar refractivity (Wildman–Crippen MR) is 89.7 cm³/mol. The molecule has 3 rings (SSSR count). The second-order valence-electron chi connectivity index (χ2n) is 6.42. The van der Waals surface area contributed by atoms with Crippen molar-refractivity contribution >= 4 is 0 Å². The van der Waals surface area contributed by atoms with Crippen molar-refractivity contribution < 1.29 is 14.6 Å². The summed E-state index contributed by atoms with van der Waals surface area (Å²) in [7, 11) is 0. The van der Waals surface area contributed by atoms with Crippen LogP contribution in [0.3, 0.4) is 0 Å². The summed E-state index contributed by atoms with van der Waals surface area (Å²) < 4.78 is 11.4. The van der Waals surface area contributed by atoms with Crippen molar-refractivity contribution in [1.29, 1.82) is 0 Å². The summed E-state index contributed by atoms with van der Waals surface area (Å²) in [6.45, 7) is 8.16. The largest absolute Gasteiger partial charge is 0.492 e. The molecule has 2 fully saturated rings. The highest BCUT2D eigenvalue weighted by molar-refractivity contribution is 5.33. The van der Waals surface area contributed by atoms with Crippen LogP contribution in [0.25, 0.3) is 0 Å². The van der Waals surface area contributed by atoms with Crippen molar-refractivity contribution in [3.05, 3.63) is 29.8 Å². The summed E-state index contributed by atoms with van der Waals surface area (Å²) in [6, 6.07) is 8.32. The monoisotopic (exact) mass is 320 g/mol. The highest BCUT2D eigenvalue weighted by Gasteiger charge is 2.18. The zero-order valence-corrected chi connectivity index (χ0v) is 13.8. The number of aliphatic hydroxyl groups excluding tert-OH is 1. The Balaban J connectivity index is 1.49. The predicted octanol–water partition coefficient (Wildman–Crippen LogP) is 1.35. The Kier molecular flexibility index (Phi) is 6.28. The molecule has 5 nitrogen and oxygen atoms in total. The number of aliphatic hydroxyl groups is 1. The molecule has 128 valence electrons. The van der Waals surface area contributed by atoms with Crippen LogP contribution in [-0.2, 0) is 11.3 Å². The Labute approximate surface area is 138 Å². The van der Waals surface area contributed by atoms with Crippen LogP contribution in [0.4, 0.5) is 0 Å². The van der Waals surface area contributed by atoms with Gasteiger partial charge in [0.2, 0.25) is 0 Å². The average molecular weight is 320 g/mol. The third-order valence-corrected chi connectivity index (χ3v) is 4.69. The van der Waals surface area contributed by atoms with Crippen LogP contribution >= 0.6 is 0 Å². The van der Waals surface area contributed by atoms with Gasteiger partial charge in [-0.1, -0.05) is 18.2 Å². The van der Waals surface area contributed by atoms with Gasteiger partial charge >= 0.3 is 0 Å². The van der Waals surface area contributed by atoms with E-state index in [1.54, 1.807) is 0 Å². The van der Waals surface area contributed by atoms with E-state index < -0.39 is 0 Å². The Bertz CT molecular complexity index is 469. The molecule has 0 spiro atoms. The fourth-order valence-corrected chi connectivity index (χ4v) is 3.20. The fraction of sp³-hybridized carbons (Fsp3) is 0.667. The number of nitrogens with zero attached hydrogens (tertiary/aromatic N) is 2. The number of likely N-dealkylation sites (tertiary alicyclic amines) is 1. The van der Waals surface area contributed by atoms with Gasteiger partial charge < -0.3 is 14.6 Å². The van der Waals surface area contributed by atoms with Gasteiger partial charge in [0.15, 0.2) is 0 Å². The minimum absolute atomic E-state index is 0.119. The van der Waals surface area contributed by atoms with Crippen LogP contribution in [0, 0.1) is 0 Å². The quantitative estimate of drug-likeness (QED) is 0.857. The minimum atomic E-state index is -0.119. The SMILES string of the molecule is OC1CCN(Cc2ccccc2OCCN2CCOCC2)CC1. The summed E-state index contributed by atoms with van der Waals surface area (Å²) in [5, 5.41) is 9.62. The molecule has 0 atom stereocenters. The lowest BCUT2D eigenvalue weighted by molar-refractivity contribution is 0.0321. The van der Waals surface area contributed by atoms with Gasteiger partial charge in [-0.15, -0.1) is 0 Å². The second-order valence-corrected chi connectivity index (χ2v) is 6.42. The van der Waals surface area contributed by atoms with E-state index in [0.717, 1.165) is 77.7 Å². The highest BCUT2D eigenvalue weighted by Crippen LogP contribution is 2.22. The lowest BCUT2D eigenvalue weighted by atomic mass is 10.1. The zero-order chi connectivity index (χ0) is 15.9. The van der Waals surface area contributed by atoms with Gasteiger partial charge in [0.1, 0.15) is 12.4 Å². The maximum Gasteiger partial charge on any atom is 0.123 e. The summed E-state index contributed by atoms with van der Waals surface area (Å²) in [5.41, 5.74) is 1.24. The highest BCUT2D eigenvalue weighted by atomic mass is 16.5. The van der Waals surface area contributed by atoms with Crippen LogP contribution in [0.1, 0.15) is 18.4 Å². The first kappa shape index (κ1) is 16.7. The van der Waals surface area contributed by atoms with E-state index in [1.807, 2.05) is 6.07 Å². The van der Waals surface area contributed by atoms with Crippen molar-refractivity contribution in [3.63, 3.8) is 0 Å². The van der Waals surface area contributed by atoms with Crippen LogP contribution in [0.5, 0.6) is 5.75 Å². The molecule has 0 radical (unpaired) electrons. The smallest absolute Gasteiger partial charge is 0.123 e. The van der Waals surface area contributed by atoms with Crippen LogP contribution in [-0.4, -0.2) is 73.6 Å². The maximum atomic E-state index is 9.62. The molecule has 0 aromatic heterocycles. The van der Waals surface area contributed by atoms with E-state index >= 15 is 0 Å². The normalized spacial score (nSPS) is 21.4. The summed E-state index contributed by atoms with van der Waals surface area (Å²) >= 11 is 0. The van der Waals surface area contributed by atoms with Crippen LogP contribution in [0.2, 0.25) is 0 Å². The van der Waals surface area contributed by atoms with Gasteiger partial charge in [-0.05, 0) is 18.9 Å². The average Bonchev–Trinajstić information content (AvgIpc) is 2.59. The van der Waals surface area contributed by atoms with Gasteiger partial charge in [-0.3, -0.25) is 9.80 Å². The van der Waals surface area contributed by atoms with Crippen molar-refractivity contribution in [3.8, 4) is 5.75 Å². The van der Waals surface area contributed by atoms with Crippen LogP contribution in [0.15, 0.2) is 24.3 Å². The molecule has 2 heterocycles. The first-order chi connectivity index (χ1) is 11.3. The van der Waals surface area contributed by atoms with Gasteiger partial charge in [-0.2, -0.15) is 0 Å². The summed E-state index contributed by atoms with van der Waals surface area (Å²) in [5.74, 6) is 0.992. The van der Waals surface area contributed by atoms with Gasteiger partial charge in [0, 0.05) is 44.8 Å². The lowest BCUT2D eigenvalue weighted by Gasteiger charge is -2.30. The molecule has 0 aliphatic carbocycles. The summed E-state index contributed by atoms with van der Waals surface area (Å²) in [6.07, 6.45) is 1.63. The van der Waals surface area contributed by atoms with Gasteiger partial charge in [0.05, 0.1) is 19.3 Å². The molecular weight excluding hydrogens is 292 g/mol. The standard InChI is InChI=1S/C18H28N2O3/c21-17-5-7-20(8-6-17)15-16-3-1-2-4-18(16)23-14-11-19-9-12-22-13-10-19/h1-4,17,21H,5-15H2. The van der Waals surface area contributed by atoms with E-state index in [2.05, 4.69) is 28.0 Å². The molecule has 2 saturated heterocycles. The lowest BCUT2D eigenvalue weighted by Crippen LogP contribution is -2.38. The van der Waals surface area contributed by atoms with E-state index in [1.165, 1.54) is 5.56 Å². The number of piperidine rings is 1. The molecule has 2 aliphatic heterocycles. The van der Waals surface area contributed by atoms with Gasteiger partial charge in [0.25, 0.3) is 0 Å². The number of para-hydroxylation sites is 1. The molecule has 1 N–H and O–H groups in total. The molecule has 0 amide bonds. The second kappa shape index (κ2) is 8.64. The molecule has 1 aromatic carbocycles. The fourth-order valence-electron chi connectivity index (χ4n) is 3.20. The number of benzene rings is 1. The van der Waals surface area contributed by atoms with Crippen LogP contribution < -0.4 is 4.74 Å². The number of rotatable bonds is 6. The molecule has 0 saturated carbocycles. The summed E-state index contributed by atoms with van der Waals surface area (Å²) in [4.78, 5) is 4.79. The van der Waals surface area contributed by atoms with Gasteiger partial charge in [-0.25, -0.2) is 0 Å². The zero-order valence-electron chi connectivity index (χ0n) is 13.8. The minimum Gasteiger partial charge on any atom is -0.492 e. The molecule has 1 aromatic rings. The Morgan fingerprint density at radius 3 is 2.57 bits per heavy atom. The van der Waals surface area contributed by atoms with E-state index in [-0.39, 0.29) is 6.10 Å². The Morgan fingerprint density at radius 1 is 1.04 bits per heavy atom. The molecule has 23 heavy (non-hydrogen) atoms. The number of hydrogen-bond acceptors (Lipinski definition) is 5. The van der Waals surface area contributed by atoms with Crippen molar-refractivity contribution in [2.24, 2.45) is 0 Å².